The van der Waals surface area contributed by atoms with Crippen LogP contribution in [-0.4, -0.2) is 47.4 Å². The number of aliphatic hydroxyl groups is 2. The molecule has 2 unspecified atom stereocenters. The molecule has 0 aromatic rings. The molecule has 1 amide bonds. The fourth-order valence-corrected chi connectivity index (χ4v) is 13.8. The molecule has 0 heterocycles. The Balaban J connectivity index is 3.35. The number of hydrogen-bond donors (Lipinski definition) is 3. The summed E-state index contributed by atoms with van der Waals surface area (Å²) in [7, 11) is 0. The lowest BCUT2D eigenvalue weighted by Crippen LogP contribution is -2.45. The smallest absolute Gasteiger partial charge is 0.305 e. The molecule has 0 aliphatic rings. The zero-order valence-corrected chi connectivity index (χ0v) is 62.8. The second-order valence-electron chi connectivity index (χ2n) is 29.5. The topological polar surface area (TPSA) is 95.9 Å². The third-order valence-electron chi connectivity index (χ3n) is 20.2. The van der Waals surface area contributed by atoms with Crippen LogP contribution in [0.5, 0.6) is 0 Å². The van der Waals surface area contributed by atoms with E-state index in [-0.39, 0.29) is 18.5 Å². The summed E-state index contributed by atoms with van der Waals surface area (Å²) < 4.78 is 5.48. The third kappa shape index (κ3) is 77.3. The Morgan fingerprint density at radius 3 is 0.772 bits per heavy atom. The van der Waals surface area contributed by atoms with Crippen molar-refractivity contribution in [2.24, 2.45) is 0 Å². The van der Waals surface area contributed by atoms with Crippen molar-refractivity contribution < 1.29 is 24.5 Å². The summed E-state index contributed by atoms with van der Waals surface area (Å²) in [5, 5.41) is 23.3. The van der Waals surface area contributed by atoms with E-state index < -0.39 is 12.1 Å². The zero-order valence-electron chi connectivity index (χ0n) is 62.8. The molecule has 0 aliphatic carbocycles. The maximum Gasteiger partial charge on any atom is 0.305 e. The first-order valence-corrected chi connectivity index (χ1v) is 42.6. The normalized spacial score (nSPS) is 12.5. The largest absolute Gasteiger partial charge is 0.466 e. The Kier molecular flexibility index (Phi) is 80.3. The molecule has 6 nitrogen and oxygen atoms in total. The van der Waals surface area contributed by atoms with Crippen molar-refractivity contribution in [3.63, 3.8) is 0 Å². The van der Waals surface area contributed by atoms with Crippen LogP contribution >= 0.6 is 0 Å². The highest BCUT2D eigenvalue weighted by molar-refractivity contribution is 5.76. The molecule has 2 atom stereocenters. The van der Waals surface area contributed by atoms with E-state index in [1.165, 1.54) is 424 Å². The van der Waals surface area contributed by atoms with E-state index in [2.05, 4.69) is 31.3 Å². The van der Waals surface area contributed by atoms with Gasteiger partial charge in [-0.15, -0.1) is 0 Å². The minimum atomic E-state index is -0.843. The molecule has 3 N–H and O–H groups in total. The molecular formula is C86H167NO5. The van der Waals surface area contributed by atoms with Gasteiger partial charge < -0.3 is 20.3 Å². The van der Waals surface area contributed by atoms with E-state index in [1.807, 2.05) is 6.08 Å². The minimum absolute atomic E-state index is 0.0230. The van der Waals surface area contributed by atoms with Gasteiger partial charge in [-0.25, -0.2) is 0 Å². The Morgan fingerprint density at radius 2 is 0.511 bits per heavy atom. The molecule has 6 heteroatoms. The van der Waals surface area contributed by atoms with Crippen LogP contribution in [0.2, 0.25) is 0 Å². The first kappa shape index (κ1) is 90.3. The van der Waals surface area contributed by atoms with Crippen molar-refractivity contribution in [2.45, 2.75) is 501 Å². The maximum absolute atomic E-state index is 12.6. The van der Waals surface area contributed by atoms with Crippen molar-refractivity contribution in [2.75, 3.05) is 13.2 Å². The number of hydrogen-bond acceptors (Lipinski definition) is 5. The van der Waals surface area contributed by atoms with Gasteiger partial charge in [-0.2, -0.15) is 0 Å². The number of aliphatic hydroxyl groups excluding tert-OH is 2. The zero-order chi connectivity index (χ0) is 66.3. The lowest BCUT2D eigenvalue weighted by molar-refractivity contribution is -0.143. The second-order valence-corrected chi connectivity index (χ2v) is 29.5. The predicted molar refractivity (Wildman–Crippen MR) is 407 cm³/mol. The molecule has 0 aromatic carbocycles. The first-order chi connectivity index (χ1) is 45.5. The molecular weight excluding hydrogens is 1130 g/mol. The standard InChI is InChI=1S/C86H167NO5/c1-3-5-7-9-11-13-15-16-17-18-19-20-21-37-40-43-46-49-52-55-59-62-66-70-74-78-84(89)83(82-88)87-85(90)79-75-71-67-63-60-56-53-50-47-44-41-38-35-33-31-29-27-25-23-22-24-26-28-30-32-34-36-39-42-45-48-51-54-57-61-65-69-73-77-81-92-86(91)80-76-72-68-64-58-14-12-10-8-6-4-2/h22-23,74,78,83-84,88-89H,3-21,24-73,75-77,79-82H2,1-2H3,(H,87,90)/b23-22-,78-74+. The minimum Gasteiger partial charge on any atom is -0.466 e. The summed E-state index contributed by atoms with van der Waals surface area (Å²) in [4.78, 5) is 24.6. The summed E-state index contributed by atoms with van der Waals surface area (Å²) in [6.45, 7) is 4.96. The summed E-state index contributed by atoms with van der Waals surface area (Å²) in [6, 6.07) is -0.626. The third-order valence-corrected chi connectivity index (χ3v) is 20.2. The Bertz CT molecular complexity index is 1450. The van der Waals surface area contributed by atoms with Gasteiger partial charge in [0.25, 0.3) is 0 Å². The van der Waals surface area contributed by atoms with Crippen molar-refractivity contribution in [3.8, 4) is 0 Å². The molecule has 0 saturated carbocycles. The number of ether oxygens (including phenoxy) is 1. The van der Waals surface area contributed by atoms with E-state index in [1.54, 1.807) is 6.08 Å². The molecule has 0 saturated heterocycles. The van der Waals surface area contributed by atoms with Crippen LogP contribution in [0.4, 0.5) is 0 Å². The van der Waals surface area contributed by atoms with Gasteiger partial charge in [0, 0.05) is 12.8 Å². The molecule has 0 spiro atoms. The van der Waals surface area contributed by atoms with Crippen LogP contribution < -0.4 is 5.32 Å². The number of esters is 1. The van der Waals surface area contributed by atoms with Crippen molar-refractivity contribution >= 4 is 11.9 Å². The van der Waals surface area contributed by atoms with Crippen LogP contribution in [0.15, 0.2) is 24.3 Å². The van der Waals surface area contributed by atoms with Gasteiger partial charge >= 0.3 is 5.97 Å². The number of unbranched alkanes of at least 4 members (excludes halogenated alkanes) is 68. The van der Waals surface area contributed by atoms with Crippen molar-refractivity contribution in [1.29, 1.82) is 0 Å². The van der Waals surface area contributed by atoms with Gasteiger partial charge in [-0.3, -0.25) is 9.59 Å². The Labute approximate surface area is 577 Å². The number of rotatable bonds is 81. The van der Waals surface area contributed by atoms with Gasteiger partial charge in [0.1, 0.15) is 0 Å². The number of nitrogens with one attached hydrogen (secondary N) is 1. The van der Waals surface area contributed by atoms with Gasteiger partial charge in [0.15, 0.2) is 0 Å². The van der Waals surface area contributed by atoms with Crippen LogP contribution in [-0.2, 0) is 14.3 Å². The van der Waals surface area contributed by atoms with Crippen molar-refractivity contribution in [3.05, 3.63) is 24.3 Å². The van der Waals surface area contributed by atoms with E-state index in [0.717, 1.165) is 38.5 Å². The van der Waals surface area contributed by atoms with Crippen LogP contribution in [0.1, 0.15) is 489 Å². The van der Waals surface area contributed by atoms with Crippen LogP contribution in [0, 0.1) is 0 Å². The van der Waals surface area contributed by atoms with E-state index >= 15 is 0 Å². The molecule has 546 valence electrons. The van der Waals surface area contributed by atoms with E-state index in [0.29, 0.717) is 19.4 Å². The lowest BCUT2D eigenvalue weighted by Gasteiger charge is -2.20. The van der Waals surface area contributed by atoms with Gasteiger partial charge in [-0.1, -0.05) is 443 Å². The summed E-state index contributed by atoms with van der Waals surface area (Å²) in [5.74, 6) is -0.0348. The molecule has 0 fully saturated rings. The summed E-state index contributed by atoms with van der Waals surface area (Å²) in [6.07, 6.45) is 106. The monoisotopic (exact) mass is 1290 g/mol. The number of carbonyl (C=O) groups excluding carboxylic acids is 2. The van der Waals surface area contributed by atoms with Crippen LogP contribution in [0.25, 0.3) is 0 Å². The van der Waals surface area contributed by atoms with Gasteiger partial charge in [0.2, 0.25) is 5.91 Å². The average Bonchev–Trinajstić information content (AvgIpc) is 3.77. The molecule has 0 radical (unpaired) electrons. The Morgan fingerprint density at radius 1 is 0.293 bits per heavy atom. The molecule has 92 heavy (non-hydrogen) atoms. The molecule has 0 rings (SSSR count). The van der Waals surface area contributed by atoms with E-state index in [9.17, 15) is 19.8 Å². The number of carbonyl (C=O) groups is 2. The highest BCUT2D eigenvalue weighted by Gasteiger charge is 2.18. The van der Waals surface area contributed by atoms with Gasteiger partial charge in [-0.05, 0) is 57.8 Å². The molecule has 0 aliphatic heterocycles. The number of allylic oxidation sites excluding steroid dienone is 3. The lowest BCUT2D eigenvalue weighted by atomic mass is 10.0. The van der Waals surface area contributed by atoms with Crippen molar-refractivity contribution in [1.82, 2.24) is 5.32 Å². The average molecular weight is 1300 g/mol. The van der Waals surface area contributed by atoms with Crippen LogP contribution in [0.3, 0.4) is 0 Å². The second kappa shape index (κ2) is 81.8. The highest BCUT2D eigenvalue weighted by Crippen LogP contribution is 2.21. The van der Waals surface area contributed by atoms with E-state index in [4.69, 9.17) is 4.74 Å². The highest BCUT2D eigenvalue weighted by atomic mass is 16.5. The predicted octanol–water partition coefficient (Wildman–Crippen LogP) is 28.4. The first-order valence-electron chi connectivity index (χ1n) is 42.6. The quantitative estimate of drug-likeness (QED) is 0.0320. The Hall–Kier alpha value is -1.66. The maximum atomic E-state index is 12.6. The SMILES string of the molecule is CCCCCCCCCCCCCCCCCCCCCCCCC/C=C/C(O)C(CO)NC(=O)CCCCCCCCCCCCCCCCCCC/C=C\CCCCCCCCCCCCCCCCCCCCOC(=O)CCCCCCCCCCCCC. The fraction of sp³-hybridized carbons (Fsp3) is 0.930. The number of amides is 1. The molecule has 0 bridgehead atoms. The summed E-state index contributed by atoms with van der Waals surface area (Å²) >= 11 is 0. The van der Waals surface area contributed by atoms with Gasteiger partial charge in [0.05, 0.1) is 25.4 Å². The molecule has 0 aromatic heterocycles. The fourth-order valence-electron chi connectivity index (χ4n) is 13.8. The summed E-state index contributed by atoms with van der Waals surface area (Å²) in [5.41, 5.74) is 0.